The molecule has 0 aliphatic heterocycles. The van der Waals surface area contributed by atoms with E-state index in [2.05, 4.69) is 9.97 Å². The molecule has 0 amide bonds. The second-order valence-electron chi connectivity index (χ2n) is 10.2. The molecule has 5 rings (SSSR count). The molecule has 224 valence electrons. The highest BCUT2D eigenvalue weighted by molar-refractivity contribution is 7.18. The van der Waals surface area contributed by atoms with E-state index in [9.17, 15) is 27.9 Å². The monoisotopic (exact) mass is 630 g/mol. The predicted octanol–water partition coefficient (Wildman–Crippen LogP) is 6.54. The van der Waals surface area contributed by atoms with E-state index < -0.39 is 23.3 Å². The van der Waals surface area contributed by atoms with E-state index in [0.717, 1.165) is 6.07 Å². The number of carboxylic acids is 1. The van der Waals surface area contributed by atoms with Crippen molar-refractivity contribution in [2.75, 3.05) is 27.2 Å². The molecule has 0 fully saturated rings. The number of aromatic carboxylic acids is 1. The average molecular weight is 631 g/mol. The molecule has 0 radical (unpaired) electrons. The molecular weight excluding hydrogens is 605 g/mol. The van der Waals surface area contributed by atoms with E-state index in [1.807, 2.05) is 0 Å². The Bertz CT molecular complexity index is 1920. The minimum absolute atomic E-state index is 0.0148. The zero-order valence-corrected chi connectivity index (χ0v) is 24.9. The quantitative estimate of drug-likeness (QED) is 0.198. The lowest BCUT2D eigenvalue weighted by Crippen LogP contribution is -2.27. The molecule has 8 nitrogen and oxygen atoms in total. The van der Waals surface area contributed by atoms with Crippen molar-refractivity contribution < 1.29 is 27.8 Å². The Morgan fingerprint density at radius 1 is 1.16 bits per heavy atom. The van der Waals surface area contributed by atoms with Gasteiger partial charge >= 0.3 is 12.1 Å². The molecular formula is C30H26ClF3N4O4S. The molecule has 5 aromatic rings. The zero-order chi connectivity index (χ0) is 31.1. The molecule has 0 spiro atoms. The van der Waals surface area contributed by atoms with Crippen molar-refractivity contribution in [2.45, 2.75) is 26.1 Å². The Morgan fingerprint density at radius 2 is 1.93 bits per heavy atom. The predicted molar refractivity (Wildman–Crippen MR) is 161 cm³/mol. The number of carbonyl (C=O) groups is 1. The highest BCUT2D eigenvalue weighted by Gasteiger charge is 2.34. The van der Waals surface area contributed by atoms with Crippen LogP contribution < -0.4 is 10.3 Å². The van der Waals surface area contributed by atoms with Gasteiger partial charge in [-0.25, -0.2) is 9.78 Å². The van der Waals surface area contributed by atoms with E-state index >= 15 is 0 Å². The maximum atomic E-state index is 13.8. The average Bonchev–Trinajstić information content (AvgIpc) is 3.38. The molecule has 0 bridgehead atoms. The number of alkyl halides is 3. The third-order valence-electron chi connectivity index (χ3n) is 6.99. The Morgan fingerprint density at radius 3 is 2.63 bits per heavy atom. The number of fused-ring (bicyclic) bond motifs is 2. The van der Waals surface area contributed by atoms with Crippen LogP contribution in [-0.2, 0) is 19.1 Å². The van der Waals surface area contributed by atoms with E-state index in [-0.39, 0.29) is 47.4 Å². The molecule has 0 saturated carbocycles. The van der Waals surface area contributed by atoms with Crippen LogP contribution in [0.25, 0.3) is 32.2 Å². The first kappa shape index (κ1) is 30.5. The third-order valence-corrected chi connectivity index (χ3v) is 8.23. The van der Waals surface area contributed by atoms with Gasteiger partial charge in [-0.05, 0) is 69.4 Å². The molecule has 3 heterocycles. The van der Waals surface area contributed by atoms with Crippen LogP contribution in [0, 0.1) is 6.92 Å². The first-order valence-corrected chi connectivity index (χ1v) is 14.4. The molecule has 0 unspecified atom stereocenters. The summed E-state index contributed by atoms with van der Waals surface area (Å²) in [6, 6.07) is 9.03. The van der Waals surface area contributed by atoms with Gasteiger partial charge in [0, 0.05) is 34.3 Å². The molecule has 0 aliphatic carbocycles. The maximum absolute atomic E-state index is 13.8. The number of halogens is 4. The van der Waals surface area contributed by atoms with Crippen LogP contribution in [0.4, 0.5) is 13.2 Å². The number of thiophene rings is 1. The molecule has 0 saturated heterocycles. The first-order chi connectivity index (χ1) is 20.3. The summed E-state index contributed by atoms with van der Waals surface area (Å²) >= 11 is 7.55. The first-order valence-electron chi connectivity index (χ1n) is 13.1. The van der Waals surface area contributed by atoms with Crippen molar-refractivity contribution in [3.8, 4) is 16.9 Å². The Balaban J connectivity index is 1.47. The topological polar surface area (TPSA) is 97.5 Å². The van der Waals surface area contributed by atoms with Gasteiger partial charge in [0.1, 0.15) is 18.2 Å². The number of hydrogen-bond acceptors (Lipinski definition) is 7. The van der Waals surface area contributed by atoms with Crippen LogP contribution in [0.3, 0.4) is 0 Å². The van der Waals surface area contributed by atoms with Crippen LogP contribution in [0.5, 0.6) is 5.75 Å². The summed E-state index contributed by atoms with van der Waals surface area (Å²) in [5, 5.41) is 11.6. The molecule has 2 aromatic carbocycles. The lowest BCUT2D eigenvalue weighted by molar-refractivity contribution is -0.138. The largest absolute Gasteiger partial charge is 0.491 e. The molecule has 0 atom stereocenters. The van der Waals surface area contributed by atoms with Gasteiger partial charge in [0.05, 0.1) is 38.8 Å². The summed E-state index contributed by atoms with van der Waals surface area (Å²) in [6.07, 6.45) is -2.95. The number of hydrogen-bond donors (Lipinski definition) is 1. The van der Waals surface area contributed by atoms with Crippen LogP contribution in [-0.4, -0.2) is 57.8 Å². The number of nitrogens with zero attached hydrogens (tertiary/aromatic N) is 4. The van der Waals surface area contributed by atoms with Gasteiger partial charge in [-0.1, -0.05) is 11.6 Å². The number of rotatable bonds is 9. The Kier molecular flexibility index (Phi) is 8.46. The summed E-state index contributed by atoms with van der Waals surface area (Å²) in [5.41, 5.74) is 0.512. The molecule has 0 aliphatic rings. The van der Waals surface area contributed by atoms with Crippen LogP contribution in [0.2, 0.25) is 5.02 Å². The number of likely N-dealkylation sites (N-methyl/N-ethyl adjacent to an activating group) is 1. The lowest BCUT2D eigenvalue weighted by Gasteiger charge is -2.18. The summed E-state index contributed by atoms with van der Waals surface area (Å²) < 4.78 is 49.6. The maximum Gasteiger partial charge on any atom is 0.416 e. The van der Waals surface area contributed by atoms with Crippen molar-refractivity contribution in [3.05, 3.63) is 85.9 Å². The van der Waals surface area contributed by atoms with Crippen molar-refractivity contribution >= 4 is 50.0 Å². The smallest absolute Gasteiger partial charge is 0.416 e. The summed E-state index contributed by atoms with van der Waals surface area (Å²) in [5.74, 6) is -0.382. The van der Waals surface area contributed by atoms with E-state index in [1.165, 1.54) is 33.5 Å². The van der Waals surface area contributed by atoms with Gasteiger partial charge in [0.25, 0.3) is 5.56 Å². The Hall–Kier alpha value is -4.00. The summed E-state index contributed by atoms with van der Waals surface area (Å²) in [6.45, 7) is 2.06. The molecule has 43 heavy (non-hydrogen) atoms. The fraction of sp³-hybridized carbons (Fsp3) is 0.267. The van der Waals surface area contributed by atoms with Gasteiger partial charge in [-0.3, -0.25) is 14.3 Å². The second kappa shape index (κ2) is 11.9. The van der Waals surface area contributed by atoms with Crippen LogP contribution >= 0.6 is 22.9 Å². The molecule has 1 N–H and O–H groups in total. The van der Waals surface area contributed by atoms with Gasteiger partial charge in [-0.2, -0.15) is 13.2 Å². The highest BCUT2D eigenvalue weighted by Crippen LogP contribution is 2.40. The minimum atomic E-state index is -4.58. The summed E-state index contributed by atoms with van der Waals surface area (Å²) in [7, 11) is 3.53. The lowest BCUT2D eigenvalue weighted by atomic mass is 10.0. The van der Waals surface area contributed by atoms with Crippen LogP contribution in [0.15, 0.2) is 52.8 Å². The normalized spacial score (nSPS) is 12.0. The third kappa shape index (κ3) is 6.22. The second-order valence-corrected chi connectivity index (χ2v) is 11.5. The SMILES string of the molecule is Cc1nc2cc(C(F)(F)F)c(CCN(C)C)cc2c(=O)n1CCOc1ccc(Cl)cc1-c1ccnc2c(C(=O)O)csc12. The van der Waals surface area contributed by atoms with Crippen LogP contribution in [0.1, 0.15) is 27.3 Å². The van der Waals surface area contributed by atoms with Crippen molar-refractivity contribution in [2.24, 2.45) is 0 Å². The standard InChI is InChI=1S/C30H26ClF3N4O4S/c1-16-36-24-14-23(30(32,33)34)17(7-9-37(2)3)12-21(24)28(39)38(16)10-11-42-25-5-4-18(31)13-20(25)19-6-8-35-26-22(29(40)41)15-43-27(19)26/h4-6,8,12-15H,7,9-11H2,1-3H3,(H,40,41). The minimum Gasteiger partial charge on any atom is -0.491 e. The number of ether oxygens (including phenoxy) is 1. The highest BCUT2D eigenvalue weighted by atomic mass is 35.5. The fourth-order valence-electron chi connectivity index (χ4n) is 4.88. The van der Waals surface area contributed by atoms with Gasteiger partial charge in [0.15, 0.2) is 0 Å². The number of benzene rings is 2. The van der Waals surface area contributed by atoms with E-state index in [1.54, 1.807) is 50.2 Å². The van der Waals surface area contributed by atoms with Gasteiger partial charge < -0.3 is 14.7 Å². The molecule has 3 aromatic heterocycles. The Labute approximate surface area is 252 Å². The van der Waals surface area contributed by atoms with E-state index in [0.29, 0.717) is 38.7 Å². The number of carboxylic acid groups (broad SMARTS) is 1. The number of pyridine rings is 1. The fourth-order valence-corrected chi connectivity index (χ4v) is 6.08. The number of aryl methyl sites for hydroxylation is 1. The zero-order valence-electron chi connectivity index (χ0n) is 23.3. The van der Waals surface area contributed by atoms with Crippen molar-refractivity contribution in [3.63, 3.8) is 0 Å². The van der Waals surface area contributed by atoms with Crippen molar-refractivity contribution in [1.29, 1.82) is 0 Å². The van der Waals surface area contributed by atoms with Crippen molar-refractivity contribution in [1.82, 2.24) is 19.4 Å². The summed E-state index contributed by atoms with van der Waals surface area (Å²) in [4.78, 5) is 35.5. The van der Waals surface area contributed by atoms with E-state index in [4.69, 9.17) is 16.3 Å². The van der Waals surface area contributed by atoms with Gasteiger partial charge in [-0.15, -0.1) is 11.3 Å². The van der Waals surface area contributed by atoms with Gasteiger partial charge in [0.2, 0.25) is 0 Å². The molecule has 13 heteroatoms. The number of aromatic nitrogens is 3.